The number of nitrogens with zero attached hydrogens (tertiary/aromatic N) is 1. The quantitative estimate of drug-likeness (QED) is 0.817. The van der Waals surface area contributed by atoms with Gasteiger partial charge in [0.25, 0.3) is 5.91 Å². The van der Waals surface area contributed by atoms with E-state index in [1.807, 2.05) is 18.7 Å². The van der Waals surface area contributed by atoms with Crippen molar-refractivity contribution in [1.29, 1.82) is 0 Å². The number of hydrogen-bond donors (Lipinski definition) is 1. The van der Waals surface area contributed by atoms with Crippen molar-refractivity contribution in [2.75, 3.05) is 19.4 Å². The van der Waals surface area contributed by atoms with Crippen molar-refractivity contribution in [3.05, 3.63) is 23.8 Å². The largest absolute Gasteiger partial charge is 0.495 e. The number of ether oxygens (including phenoxy) is 1. The number of anilines is 1. The molecule has 0 saturated heterocycles. The van der Waals surface area contributed by atoms with E-state index in [0.29, 0.717) is 17.0 Å². The lowest BCUT2D eigenvalue weighted by molar-refractivity contribution is 0.0706. The van der Waals surface area contributed by atoms with E-state index in [0.717, 1.165) is 13.0 Å². The van der Waals surface area contributed by atoms with Gasteiger partial charge in [-0.05, 0) is 32.4 Å². The minimum atomic E-state index is -0.0387. The smallest absolute Gasteiger partial charge is 0.256 e. The molecule has 0 aromatic heterocycles. The van der Waals surface area contributed by atoms with Gasteiger partial charge >= 0.3 is 0 Å². The van der Waals surface area contributed by atoms with Crippen molar-refractivity contribution < 1.29 is 9.53 Å². The Morgan fingerprint density at radius 1 is 1.44 bits per heavy atom. The molecule has 0 saturated carbocycles. The lowest BCUT2D eigenvalue weighted by Crippen LogP contribution is -2.37. The number of amides is 1. The summed E-state index contributed by atoms with van der Waals surface area (Å²) in [5.41, 5.74) is 6.88. The number of nitrogen functional groups attached to an aromatic ring is 1. The van der Waals surface area contributed by atoms with Crippen molar-refractivity contribution in [1.82, 2.24) is 4.90 Å². The second kappa shape index (κ2) is 6.28. The molecule has 1 aromatic carbocycles. The van der Waals surface area contributed by atoms with Crippen LogP contribution in [0, 0.1) is 0 Å². The fraction of sp³-hybridized carbons (Fsp3) is 0.500. The molecular weight excluding hydrogens is 228 g/mol. The van der Waals surface area contributed by atoms with Crippen molar-refractivity contribution in [3.63, 3.8) is 0 Å². The summed E-state index contributed by atoms with van der Waals surface area (Å²) in [4.78, 5) is 14.3. The third kappa shape index (κ3) is 2.94. The highest BCUT2D eigenvalue weighted by atomic mass is 16.5. The van der Waals surface area contributed by atoms with Crippen molar-refractivity contribution >= 4 is 11.6 Å². The summed E-state index contributed by atoms with van der Waals surface area (Å²) in [6.45, 7) is 6.79. The van der Waals surface area contributed by atoms with Crippen LogP contribution in [-0.4, -0.2) is 30.5 Å². The maximum absolute atomic E-state index is 12.5. The summed E-state index contributed by atoms with van der Waals surface area (Å²) in [5, 5.41) is 0. The first-order valence-electron chi connectivity index (χ1n) is 6.26. The molecule has 100 valence electrons. The average molecular weight is 250 g/mol. The van der Waals surface area contributed by atoms with E-state index in [2.05, 4.69) is 6.92 Å². The maximum Gasteiger partial charge on any atom is 0.256 e. The van der Waals surface area contributed by atoms with Crippen LogP contribution in [0.25, 0.3) is 0 Å². The number of carbonyl (C=O) groups is 1. The van der Waals surface area contributed by atoms with Crippen LogP contribution in [0.1, 0.15) is 37.6 Å². The van der Waals surface area contributed by atoms with Crippen LogP contribution in [0.15, 0.2) is 18.2 Å². The van der Waals surface area contributed by atoms with E-state index in [1.165, 1.54) is 0 Å². The van der Waals surface area contributed by atoms with Gasteiger partial charge in [0, 0.05) is 12.6 Å². The molecule has 0 aliphatic carbocycles. The second-order valence-corrected chi connectivity index (χ2v) is 4.51. The van der Waals surface area contributed by atoms with E-state index in [4.69, 9.17) is 10.5 Å². The zero-order valence-electron chi connectivity index (χ0n) is 11.6. The molecule has 1 rings (SSSR count). The van der Waals surface area contributed by atoms with Gasteiger partial charge in [0.1, 0.15) is 5.75 Å². The molecule has 0 aliphatic rings. The number of hydrogen-bond acceptors (Lipinski definition) is 3. The van der Waals surface area contributed by atoms with Crippen LogP contribution >= 0.6 is 0 Å². The summed E-state index contributed by atoms with van der Waals surface area (Å²) in [5.74, 6) is 0.504. The summed E-state index contributed by atoms with van der Waals surface area (Å²) in [6, 6.07) is 5.44. The van der Waals surface area contributed by atoms with Gasteiger partial charge in [-0.1, -0.05) is 13.0 Å². The van der Waals surface area contributed by atoms with Crippen LogP contribution in [-0.2, 0) is 0 Å². The predicted octanol–water partition coefficient (Wildman–Crippen LogP) is 2.54. The van der Waals surface area contributed by atoms with Gasteiger partial charge in [0.15, 0.2) is 0 Å². The predicted molar refractivity (Wildman–Crippen MR) is 73.9 cm³/mol. The first kappa shape index (κ1) is 14.4. The monoisotopic (exact) mass is 250 g/mol. The minimum Gasteiger partial charge on any atom is -0.495 e. The van der Waals surface area contributed by atoms with Crippen molar-refractivity contribution in [2.45, 2.75) is 33.2 Å². The molecule has 2 N–H and O–H groups in total. The zero-order valence-corrected chi connectivity index (χ0v) is 11.6. The minimum absolute atomic E-state index is 0.0387. The lowest BCUT2D eigenvalue weighted by atomic mass is 10.1. The number of methoxy groups -OCH3 is 1. The molecular formula is C14H22N2O2. The molecule has 1 aromatic rings. The molecule has 18 heavy (non-hydrogen) atoms. The number of benzene rings is 1. The summed E-state index contributed by atoms with van der Waals surface area (Å²) < 4.78 is 5.14. The number of nitrogens with two attached hydrogens (primary N) is 1. The molecule has 0 heterocycles. The molecule has 0 fully saturated rings. The molecule has 4 nitrogen and oxygen atoms in total. The highest BCUT2D eigenvalue weighted by Crippen LogP contribution is 2.26. The third-order valence-electron chi connectivity index (χ3n) is 2.87. The van der Waals surface area contributed by atoms with E-state index in [1.54, 1.807) is 25.3 Å². The normalized spacial score (nSPS) is 10.5. The van der Waals surface area contributed by atoms with Gasteiger partial charge in [-0.2, -0.15) is 0 Å². The van der Waals surface area contributed by atoms with Gasteiger partial charge < -0.3 is 15.4 Å². The van der Waals surface area contributed by atoms with Crippen LogP contribution in [0.4, 0.5) is 5.69 Å². The number of para-hydroxylation sites is 1. The van der Waals surface area contributed by atoms with Crippen LogP contribution < -0.4 is 10.5 Å². The molecule has 0 unspecified atom stereocenters. The standard InChI is InChI=1S/C14H22N2O2/c1-5-9-16(10(2)3)14(17)11-7-6-8-12(18-4)13(11)15/h6-8,10H,5,9,15H2,1-4H3. The van der Waals surface area contributed by atoms with Crippen molar-refractivity contribution in [3.8, 4) is 5.75 Å². The summed E-state index contributed by atoms with van der Waals surface area (Å²) in [6.07, 6.45) is 0.924. The highest BCUT2D eigenvalue weighted by Gasteiger charge is 2.21. The second-order valence-electron chi connectivity index (χ2n) is 4.51. The van der Waals surface area contributed by atoms with Gasteiger partial charge in [-0.25, -0.2) is 0 Å². The Morgan fingerprint density at radius 3 is 2.61 bits per heavy atom. The molecule has 0 aliphatic heterocycles. The van der Waals surface area contributed by atoms with Gasteiger partial charge in [-0.15, -0.1) is 0 Å². The Morgan fingerprint density at radius 2 is 2.11 bits per heavy atom. The summed E-state index contributed by atoms with van der Waals surface area (Å²) in [7, 11) is 1.55. The molecule has 0 radical (unpaired) electrons. The van der Waals surface area contributed by atoms with E-state index in [9.17, 15) is 4.79 Å². The first-order chi connectivity index (χ1) is 8.52. The number of carbonyl (C=O) groups excluding carboxylic acids is 1. The molecule has 4 heteroatoms. The first-order valence-corrected chi connectivity index (χ1v) is 6.26. The van der Waals surface area contributed by atoms with Crippen LogP contribution in [0.3, 0.4) is 0 Å². The Labute approximate surface area is 109 Å². The van der Waals surface area contributed by atoms with Crippen molar-refractivity contribution in [2.24, 2.45) is 0 Å². The van der Waals surface area contributed by atoms with Gasteiger partial charge in [0.05, 0.1) is 18.4 Å². The van der Waals surface area contributed by atoms with Crippen LogP contribution in [0.2, 0.25) is 0 Å². The van der Waals surface area contributed by atoms with Gasteiger partial charge in [-0.3, -0.25) is 4.79 Å². The average Bonchev–Trinajstić information content (AvgIpc) is 2.35. The molecule has 1 amide bonds. The molecule has 0 spiro atoms. The Bertz CT molecular complexity index is 416. The Balaban J connectivity index is 3.09. The Kier molecular flexibility index (Phi) is 5.01. The SMILES string of the molecule is CCCN(C(=O)c1cccc(OC)c1N)C(C)C. The molecule has 0 atom stereocenters. The van der Waals surface area contributed by atoms with Crippen LogP contribution in [0.5, 0.6) is 5.75 Å². The molecule has 0 bridgehead atoms. The zero-order chi connectivity index (χ0) is 13.7. The number of rotatable bonds is 5. The fourth-order valence-corrected chi connectivity index (χ4v) is 1.90. The lowest BCUT2D eigenvalue weighted by Gasteiger charge is -2.27. The highest BCUT2D eigenvalue weighted by molar-refractivity contribution is 6.00. The van der Waals surface area contributed by atoms with E-state index < -0.39 is 0 Å². The van der Waals surface area contributed by atoms with Gasteiger partial charge in [0.2, 0.25) is 0 Å². The topological polar surface area (TPSA) is 55.6 Å². The fourth-order valence-electron chi connectivity index (χ4n) is 1.90. The maximum atomic E-state index is 12.5. The van der Waals surface area contributed by atoms with E-state index >= 15 is 0 Å². The summed E-state index contributed by atoms with van der Waals surface area (Å²) >= 11 is 0. The Hall–Kier alpha value is -1.71. The van der Waals surface area contributed by atoms with E-state index in [-0.39, 0.29) is 11.9 Å². The third-order valence-corrected chi connectivity index (χ3v) is 2.87.